The van der Waals surface area contributed by atoms with Crippen LogP contribution in [0, 0.1) is 6.92 Å². The van der Waals surface area contributed by atoms with E-state index in [0.29, 0.717) is 18.0 Å². The Morgan fingerprint density at radius 3 is 2.64 bits per heavy atom. The number of hydrogen-bond donors (Lipinski definition) is 2. The number of nitrogens with one attached hydrogen (secondary N) is 2. The molecule has 1 aromatic carbocycles. The van der Waals surface area contributed by atoms with Crippen LogP contribution in [0.5, 0.6) is 5.75 Å². The van der Waals surface area contributed by atoms with Gasteiger partial charge < -0.3 is 10.1 Å². The Kier molecular flexibility index (Phi) is 5.43. The van der Waals surface area contributed by atoms with Gasteiger partial charge in [0.25, 0.3) is 5.91 Å². The predicted molar refractivity (Wildman–Crippen MR) is 90.3 cm³/mol. The molecular weight excluding hydrogens is 298 g/mol. The molecule has 0 saturated heterocycles. The molecule has 6 heteroatoms. The third-order valence-electron chi connectivity index (χ3n) is 2.81. The minimum Gasteiger partial charge on any atom is -0.494 e. The van der Waals surface area contributed by atoms with Crippen LogP contribution in [0.1, 0.15) is 22.8 Å². The van der Waals surface area contributed by atoms with Crippen LogP contribution in [-0.2, 0) is 0 Å². The average Bonchev–Trinajstić information content (AvgIpc) is 2.48. The van der Waals surface area contributed by atoms with Crippen LogP contribution in [0.3, 0.4) is 0 Å². The first-order chi connectivity index (χ1) is 10.6. The quantitative estimate of drug-likeness (QED) is 0.849. The molecule has 2 aromatic rings. The van der Waals surface area contributed by atoms with Crippen molar-refractivity contribution < 1.29 is 9.53 Å². The van der Waals surface area contributed by atoms with Crippen LogP contribution in [0.25, 0.3) is 0 Å². The summed E-state index contributed by atoms with van der Waals surface area (Å²) in [5.41, 5.74) is 1.56. The lowest BCUT2D eigenvalue weighted by Crippen LogP contribution is -2.34. The maximum atomic E-state index is 12.1. The molecule has 0 bridgehead atoms. The molecule has 0 fully saturated rings. The molecule has 1 amide bonds. The van der Waals surface area contributed by atoms with Crippen molar-refractivity contribution in [2.75, 3.05) is 11.9 Å². The summed E-state index contributed by atoms with van der Waals surface area (Å²) < 4.78 is 5.33. The van der Waals surface area contributed by atoms with Crippen LogP contribution in [0.15, 0.2) is 42.6 Å². The van der Waals surface area contributed by atoms with E-state index in [-0.39, 0.29) is 11.0 Å². The van der Waals surface area contributed by atoms with Gasteiger partial charge in [0.2, 0.25) is 0 Å². The number of carbonyl (C=O) groups excluding carboxylic acids is 1. The van der Waals surface area contributed by atoms with Crippen LogP contribution in [0.4, 0.5) is 5.82 Å². The van der Waals surface area contributed by atoms with E-state index in [1.165, 1.54) is 0 Å². The number of carbonyl (C=O) groups is 1. The number of amides is 1. The predicted octanol–water partition coefficient (Wildman–Crippen LogP) is 2.92. The van der Waals surface area contributed by atoms with Crippen molar-refractivity contribution in [2.24, 2.45) is 0 Å². The highest BCUT2D eigenvalue weighted by atomic mass is 32.1. The number of nitrogens with zero attached hydrogens (tertiary/aromatic N) is 1. The highest BCUT2D eigenvalue weighted by Crippen LogP contribution is 2.12. The van der Waals surface area contributed by atoms with Gasteiger partial charge in [-0.05, 0) is 68.0 Å². The van der Waals surface area contributed by atoms with Crippen LogP contribution in [0.2, 0.25) is 0 Å². The van der Waals surface area contributed by atoms with Crippen LogP contribution in [-0.4, -0.2) is 22.6 Å². The van der Waals surface area contributed by atoms with Crippen LogP contribution >= 0.6 is 12.2 Å². The zero-order valence-electron chi connectivity index (χ0n) is 12.4. The maximum absolute atomic E-state index is 12.1. The zero-order chi connectivity index (χ0) is 15.9. The lowest BCUT2D eigenvalue weighted by atomic mass is 10.2. The first-order valence-electron chi connectivity index (χ1n) is 6.86. The van der Waals surface area contributed by atoms with E-state index in [0.717, 1.165) is 11.3 Å². The van der Waals surface area contributed by atoms with E-state index in [1.807, 2.05) is 26.0 Å². The van der Waals surface area contributed by atoms with E-state index >= 15 is 0 Å². The summed E-state index contributed by atoms with van der Waals surface area (Å²) >= 11 is 5.12. The molecular formula is C16H17N3O2S. The molecule has 0 saturated carbocycles. The standard InChI is InChI=1S/C16H17N3O2S/c1-3-21-13-6-4-12(5-7-13)15(20)19-16(22)18-14-10-11(2)8-9-17-14/h4-10H,3H2,1-2H3,(H2,17,18,19,20,22). The summed E-state index contributed by atoms with van der Waals surface area (Å²) in [6, 6.07) is 10.6. The number of aryl methyl sites for hydroxylation is 1. The summed E-state index contributed by atoms with van der Waals surface area (Å²) in [6.45, 7) is 4.45. The second-order valence-electron chi connectivity index (χ2n) is 4.58. The van der Waals surface area contributed by atoms with Gasteiger partial charge in [-0.1, -0.05) is 0 Å². The summed E-state index contributed by atoms with van der Waals surface area (Å²) in [4.78, 5) is 16.2. The Labute approximate surface area is 134 Å². The van der Waals surface area contributed by atoms with Gasteiger partial charge >= 0.3 is 0 Å². The normalized spacial score (nSPS) is 9.91. The first-order valence-corrected chi connectivity index (χ1v) is 7.27. The molecule has 0 aliphatic carbocycles. The Bertz CT molecular complexity index is 671. The van der Waals surface area contributed by atoms with Gasteiger partial charge in [-0.15, -0.1) is 0 Å². The molecule has 22 heavy (non-hydrogen) atoms. The molecule has 0 aliphatic heterocycles. The minimum absolute atomic E-state index is 0.206. The molecule has 1 heterocycles. The topological polar surface area (TPSA) is 63.2 Å². The third kappa shape index (κ3) is 4.53. The lowest BCUT2D eigenvalue weighted by molar-refractivity contribution is 0.0977. The van der Waals surface area contributed by atoms with Crippen molar-refractivity contribution in [1.29, 1.82) is 0 Å². The smallest absolute Gasteiger partial charge is 0.257 e. The van der Waals surface area contributed by atoms with Crippen molar-refractivity contribution >= 4 is 29.1 Å². The van der Waals surface area contributed by atoms with E-state index in [2.05, 4.69) is 15.6 Å². The van der Waals surface area contributed by atoms with Gasteiger partial charge in [-0.3, -0.25) is 10.1 Å². The number of ether oxygens (including phenoxy) is 1. The fraction of sp³-hybridized carbons (Fsp3) is 0.188. The average molecular weight is 315 g/mol. The highest BCUT2D eigenvalue weighted by molar-refractivity contribution is 7.80. The first kappa shape index (κ1) is 15.9. The Morgan fingerprint density at radius 2 is 2.00 bits per heavy atom. The number of aromatic nitrogens is 1. The molecule has 5 nitrogen and oxygen atoms in total. The Balaban J connectivity index is 1.94. The minimum atomic E-state index is -0.284. The molecule has 2 rings (SSSR count). The van der Waals surface area contributed by atoms with Gasteiger partial charge in [0, 0.05) is 11.8 Å². The van der Waals surface area contributed by atoms with Crippen molar-refractivity contribution in [3.8, 4) is 5.75 Å². The monoisotopic (exact) mass is 315 g/mol. The number of anilines is 1. The number of pyridine rings is 1. The molecule has 1 aromatic heterocycles. The van der Waals surface area contributed by atoms with Crippen LogP contribution < -0.4 is 15.4 Å². The number of rotatable bonds is 4. The fourth-order valence-corrected chi connectivity index (χ4v) is 1.99. The number of benzene rings is 1. The third-order valence-corrected chi connectivity index (χ3v) is 3.02. The molecule has 0 aliphatic rings. The summed E-state index contributed by atoms with van der Waals surface area (Å²) in [5, 5.41) is 5.70. The van der Waals surface area contributed by atoms with Gasteiger partial charge in [0.05, 0.1) is 6.61 Å². The Hall–Kier alpha value is -2.47. The van der Waals surface area contributed by atoms with Gasteiger partial charge in [0.15, 0.2) is 5.11 Å². The molecule has 2 N–H and O–H groups in total. The molecule has 0 atom stereocenters. The van der Waals surface area contributed by atoms with Gasteiger partial charge in [0.1, 0.15) is 11.6 Å². The highest BCUT2D eigenvalue weighted by Gasteiger charge is 2.08. The van der Waals surface area contributed by atoms with E-state index in [1.54, 1.807) is 30.5 Å². The Morgan fingerprint density at radius 1 is 1.27 bits per heavy atom. The van der Waals surface area contributed by atoms with Gasteiger partial charge in [-0.25, -0.2) is 4.98 Å². The summed E-state index contributed by atoms with van der Waals surface area (Å²) in [7, 11) is 0. The second-order valence-corrected chi connectivity index (χ2v) is 4.99. The summed E-state index contributed by atoms with van der Waals surface area (Å²) in [6.07, 6.45) is 1.68. The lowest BCUT2D eigenvalue weighted by Gasteiger charge is -2.09. The number of hydrogen-bond acceptors (Lipinski definition) is 4. The second kappa shape index (κ2) is 7.51. The fourth-order valence-electron chi connectivity index (χ4n) is 1.80. The number of thiocarbonyl (C=S) groups is 1. The maximum Gasteiger partial charge on any atom is 0.257 e. The van der Waals surface area contributed by atoms with E-state index in [9.17, 15) is 4.79 Å². The molecule has 0 radical (unpaired) electrons. The molecule has 0 spiro atoms. The van der Waals surface area contributed by atoms with Crippen molar-refractivity contribution in [2.45, 2.75) is 13.8 Å². The molecule has 114 valence electrons. The van der Waals surface area contributed by atoms with E-state index < -0.39 is 0 Å². The van der Waals surface area contributed by atoms with Crippen molar-refractivity contribution in [3.63, 3.8) is 0 Å². The largest absolute Gasteiger partial charge is 0.494 e. The molecule has 0 unspecified atom stereocenters. The van der Waals surface area contributed by atoms with Crippen molar-refractivity contribution in [1.82, 2.24) is 10.3 Å². The van der Waals surface area contributed by atoms with E-state index in [4.69, 9.17) is 17.0 Å². The SMILES string of the molecule is CCOc1ccc(C(=O)NC(=S)Nc2cc(C)ccn2)cc1. The van der Waals surface area contributed by atoms with Gasteiger partial charge in [-0.2, -0.15) is 0 Å². The summed E-state index contributed by atoms with van der Waals surface area (Å²) in [5.74, 6) is 1.04. The zero-order valence-corrected chi connectivity index (χ0v) is 13.2. The van der Waals surface area contributed by atoms with Crippen molar-refractivity contribution in [3.05, 3.63) is 53.7 Å².